The van der Waals surface area contributed by atoms with E-state index in [9.17, 15) is 4.79 Å². The topological polar surface area (TPSA) is 68.0 Å². The molecule has 142 valence electrons. The molecule has 0 saturated heterocycles. The van der Waals surface area contributed by atoms with Crippen LogP contribution in [0.5, 0.6) is 0 Å². The standard InChI is InChI=1S/C21H25N3O2S/c1-13(2)16-5-7-17(8-6-16)19-11-22-21(26-19)10-9-20(25)23-14(3)18-12-27-15(4)24-18/h5-8,11-14H,9-10H2,1-4H3,(H,23,25). The Balaban J connectivity index is 1.53. The van der Waals surface area contributed by atoms with E-state index in [1.807, 2.05) is 31.4 Å². The summed E-state index contributed by atoms with van der Waals surface area (Å²) in [4.78, 5) is 20.9. The first-order valence-electron chi connectivity index (χ1n) is 9.19. The summed E-state index contributed by atoms with van der Waals surface area (Å²) in [5.74, 6) is 1.77. The predicted octanol–water partition coefficient (Wildman–Crippen LogP) is 5.04. The summed E-state index contributed by atoms with van der Waals surface area (Å²) in [5.41, 5.74) is 3.18. The Kier molecular flexibility index (Phi) is 6.06. The number of oxazole rings is 1. The molecule has 3 rings (SSSR count). The zero-order chi connectivity index (χ0) is 19.4. The molecule has 2 aromatic heterocycles. The molecule has 3 aromatic rings. The molecule has 0 aliphatic rings. The Morgan fingerprint density at radius 2 is 1.96 bits per heavy atom. The minimum absolute atomic E-state index is 0.0332. The van der Waals surface area contributed by atoms with Gasteiger partial charge in [0.1, 0.15) is 0 Å². The van der Waals surface area contributed by atoms with Gasteiger partial charge in [-0.1, -0.05) is 38.1 Å². The summed E-state index contributed by atoms with van der Waals surface area (Å²) < 4.78 is 5.81. The van der Waals surface area contributed by atoms with Crippen molar-refractivity contribution in [3.05, 3.63) is 58.0 Å². The summed E-state index contributed by atoms with van der Waals surface area (Å²) in [6.45, 7) is 8.24. The van der Waals surface area contributed by atoms with Gasteiger partial charge in [-0.15, -0.1) is 11.3 Å². The van der Waals surface area contributed by atoms with E-state index in [1.165, 1.54) is 5.56 Å². The van der Waals surface area contributed by atoms with Crippen molar-refractivity contribution >= 4 is 17.2 Å². The van der Waals surface area contributed by atoms with Crippen LogP contribution in [0, 0.1) is 6.92 Å². The van der Waals surface area contributed by atoms with Gasteiger partial charge in [-0.3, -0.25) is 4.79 Å². The van der Waals surface area contributed by atoms with Gasteiger partial charge in [0.25, 0.3) is 0 Å². The van der Waals surface area contributed by atoms with Crippen molar-refractivity contribution in [2.75, 3.05) is 0 Å². The Morgan fingerprint density at radius 1 is 1.22 bits per heavy atom. The van der Waals surface area contributed by atoms with Gasteiger partial charge in [-0.05, 0) is 25.3 Å². The Hall–Kier alpha value is -2.47. The maximum atomic E-state index is 12.2. The molecule has 0 bridgehead atoms. The minimum atomic E-state index is -0.0953. The van der Waals surface area contributed by atoms with Crippen LogP contribution >= 0.6 is 11.3 Å². The van der Waals surface area contributed by atoms with Crippen LogP contribution in [0.2, 0.25) is 0 Å². The number of rotatable bonds is 7. The fraction of sp³-hybridized carbons (Fsp3) is 0.381. The highest BCUT2D eigenvalue weighted by Crippen LogP contribution is 2.24. The molecule has 1 unspecified atom stereocenters. The summed E-state index contributed by atoms with van der Waals surface area (Å²) in [7, 11) is 0. The Morgan fingerprint density at radius 3 is 2.59 bits per heavy atom. The van der Waals surface area contributed by atoms with Gasteiger partial charge in [0, 0.05) is 23.8 Å². The van der Waals surface area contributed by atoms with E-state index in [-0.39, 0.29) is 11.9 Å². The molecule has 0 spiro atoms. The molecule has 0 saturated carbocycles. The number of amides is 1. The molecular weight excluding hydrogens is 358 g/mol. The third-order valence-electron chi connectivity index (χ3n) is 4.44. The smallest absolute Gasteiger partial charge is 0.221 e. The van der Waals surface area contributed by atoms with Crippen LogP contribution in [0.3, 0.4) is 0 Å². The zero-order valence-corrected chi connectivity index (χ0v) is 17.0. The molecule has 0 aliphatic heterocycles. The monoisotopic (exact) mass is 383 g/mol. The van der Waals surface area contributed by atoms with E-state index in [0.29, 0.717) is 24.7 Å². The first-order valence-corrected chi connectivity index (χ1v) is 10.1. The van der Waals surface area contributed by atoms with E-state index < -0.39 is 0 Å². The maximum Gasteiger partial charge on any atom is 0.221 e. The van der Waals surface area contributed by atoms with Crippen LogP contribution in [-0.4, -0.2) is 15.9 Å². The molecule has 0 aliphatic carbocycles. The molecule has 1 aromatic carbocycles. The number of carbonyl (C=O) groups excluding carboxylic acids is 1. The lowest BCUT2D eigenvalue weighted by Gasteiger charge is -2.10. The SMILES string of the molecule is Cc1nc(C(C)NC(=O)CCc2ncc(-c3ccc(C(C)C)cc3)o2)cs1. The minimum Gasteiger partial charge on any atom is -0.441 e. The Bertz CT molecular complexity index is 896. The molecule has 2 heterocycles. The number of carbonyl (C=O) groups is 1. The lowest BCUT2D eigenvalue weighted by molar-refractivity contribution is -0.121. The third-order valence-corrected chi connectivity index (χ3v) is 5.23. The average Bonchev–Trinajstić information content (AvgIpc) is 3.29. The molecule has 27 heavy (non-hydrogen) atoms. The van der Waals surface area contributed by atoms with Crippen molar-refractivity contribution in [1.82, 2.24) is 15.3 Å². The van der Waals surface area contributed by atoms with Crippen LogP contribution < -0.4 is 5.32 Å². The second kappa shape index (κ2) is 8.48. The third kappa shape index (κ3) is 5.04. The van der Waals surface area contributed by atoms with Gasteiger partial charge in [0.05, 0.1) is 22.9 Å². The zero-order valence-electron chi connectivity index (χ0n) is 16.2. The second-order valence-electron chi connectivity index (χ2n) is 6.98. The van der Waals surface area contributed by atoms with Crippen molar-refractivity contribution in [3.8, 4) is 11.3 Å². The molecule has 5 nitrogen and oxygen atoms in total. The van der Waals surface area contributed by atoms with Crippen molar-refractivity contribution in [2.45, 2.75) is 52.5 Å². The number of hydrogen-bond acceptors (Lipinski definition) is 5. The molecule has 1 N–H and O–H groups in total. The van der Waals surface area contributed by atoms with Crippen molar-refractivity contribution < 1.29 is 9.21 Å². The first kappa shape index (κ1) is 19.3. The predicted molar refractivity (Wildman–Crippen MR) is 108 cm³/mol. The number of thiazole rings is 1. The maximum absolute atomic E-state index is 12.2. The van der Waals surface area contributed by atoms with Crippen LogP contribution in [0.4, 0.5) is 0 Å². The van der Waals surface area contributed by atoms with Crippen LogP contribution in [0.25, 0.3) is 11.3 Å². The van der Waals surface area contributed by atoms with Crippen LogP contribution in [0.15, 0.2) is 40.3 Å². The quantitative estimate of drug-likeness (QED) is 0.620. The second-order valence-corrected chi connectivity index (χ2v) is 8.04. The lowest BCUT2D eigenvalue weighted by Crippen LogP contribution is -2.27. The van der Waals surface area contributed by atoms with E-state index >= 15 is 0 Å². The molecule has 1 atom stereocenters. The van der Waals surface area contributed by atoms with Crippen molar-refractivity contribution in [2.24, 2.45) is 0 Å². The van der Waals surface area contributed by atoms with Gasteiger partial charge in [0.15, 0.2) is 11.7 Å². The van der Waals surface area contributed by atoms with Crippen LogP contribution in [-0.2, 0) is 11.2 Å². The number of nitrogens with one attached hydrogen (secondary N) is 1. The highest BCUT2D eigenvalue weighted by molar-refractivity contribution is 7.09. The number of benzene rings is 1. The van der Waals surface area contributed by atoms with Gasteiger partial charge in [0.2, 0.25) is 5.91 Å². The fourth-order valence-corrected chi connectivity index (χ4v) is 3.48. The molecule has 6 heteroatoms. The fourth-order valence-electron chi connectivity index (χ4n) is 2.78. The number of aryl methyl sites for hydroxylation is 2. The van der Waals surface area contributed by atoms with E-state index in [0.717, 1.165) is 22.0 Å². The van der Waals surface area contributed by atoms with E-state index in [2.05, 4.69) is 41.3 Å². The van der Waals surface area contributed by atoms with Gasteiger partial charge >= 0.3 is 0 Å². The Labute approximate surface area is 163 Å². The number of aromatic nitrogens is 2. The van der Waals surface area contributed by atoms with Crippen molar-refractivity contribution in [1.29, 1.82) is 0 Å². The normalized spacial score (nSPS) is 12.3. The highest BCUT2D eigenvalue weighted by Gasteiger charge is 2.14. The van der Waals surface area contributed by atoms with Gasteiger partial charge in [-0.25, -0.2) is 9.97 Å². The van der Waals surface area contributed by atoms with Crippen molar-refractivity contribution in [3.63, 3.8) is 0 Å². The van der Waals surface area contributed by atoms with E-state index in [4.69, 9.17) is 4.42 Å². The summed E-state index contributed by atoms with van der Waals surface area (Å²) in [5, 5.41) is 5.95. The largest absolute Gasteiger partial charge is 0.441 e. The van der Waals surface area contributed by atoms with Gasteiger partial charge in [-0.2, -0.15) is 0 Å². The number of nitrogens with zero attached hydrogens (tertiary/aromatic N) is 2. The van der Waals surface area contributed by atoms with Crippen LogP contribution in [0.1, 0.15) is 61.3 Å². The summed E-state index contributed by atoms with van der Waals surface area (Å²) in [6.07, 6.45) is 2.52. The first-order chi connectivity index (χ1) is 12.9. The summed E-state index contributed by atoms with van der Waals surface area (Å²) in [6, 6.07) is 8.21. The highest BCUT2D eigenvalue weighted by atomic mass is 32.1. The summed E-state index contributed by atoms with van der Waals surface area (Å²) >= 11 is 1.59. The average molecular weight is 384 g/mol. The molecule has 0 radical (unpaired) electrons. The van der Waals surface area contributed by atoms with E-state index in [1.54, 1.807) is 17.5 Å². The van der Waals surface area contributed by atoms with Gasteiger partial charge < -0.3 is 9.73 Å². The molecular formula is C21H25N3O2S. The molecule has 1 amide bonds. The lowest BCUT2D eigenvalue weighted by atomic mass is 10.0. The molecule has 0 fully saturated rings. The number of hydrogen-bond donors (Lipinski definition) is 1.